The highest BCUT2D eigenvalue weighted by Crippen LogP contribution is 2.43. The Bertz CT molecular complexity index is 1400. The van der Waals surface area contributed by atoms with Gasteiger partial charge < -0.3 is 19.3 Å². The first-order valence-corrected chi connectivity index (χ1v) is 13.4. The summed E-state index contributed by atoms with van der Waals surface area (Å²) >= 11 is 0. The molecule has 2 aromatic carbocycles. The first-order chi connectivity index (χ1) is 19.0. The quantitative estimate of drug-likeness (QED) is 0.329. The van der Waals surface area contributed by atoms with E-state index in [2.05, 4.69) is 16.7 Å². The second kappa shape index (κ2) is 10.3. The molecule has 3 aliphatic heterocycles. The van der Waals surface area contributed by atoms with Gasteiger partial charge in [-0.1, -0.05) is 24.0 Å². The number of esters is 1. The average molecular weight is 544 g/mol. The molecule has 0 radical (unpaired) electrons. The SMILES string of the molecule is COC(=O)c1ccc(N2CC3(CCN(C(=O)OC(C)(C)C)CC3)C2)cc1C#CCN1C(=O)c2ccccc2C1=O. The number of amides is 3. The third-order valence-electron chi connectivity index (χ3n) is 7.64. The molecule has 1 spiro atoms. The number of benzene rings is 2. The molecule has 2 saturated heterocycles. The Morgan fingerprint density at radius 2 is 1.60 bits per heavy atom. The second-order valence-electron chi connectivity index (χ2n) is 11.6. The molecule has 0 bridgehead atoms. The molecule has 2 fully saturated rings. The smallest absolute Gasteiger partial charge is 0.410 e. The number of methoxy groups -OCH3 is 1. The van der Waals surface area contributed by atoms with E-state index in [-0.39, 0.29) is 29.9 Å². The molecule has 40 heavy (non-hydrogen) atoms. The van der Waals surface area contributed by atoms with Gasteiger partial charge in [0.15, 0.2) is 0 Å². The van der Waals surface area contributed by atoms with Crippen LogP contribution in [0.15, 0.2) is 42.5 Å². The molecular formula is C31H33N3O6. The number of nitrogens with zero attached hydrogens (tertiary/aromatic N) is 3. The van der Waals surface area contributed by atoms with E-state index in [9.17, 15) is 19.2 Å². The maximum Gasteiger partial charge on any atom is 0.410 e. The number of ether oxygens (including phenoxy) is 2. The van der Waals surface area contributed by atoms with Crippen molar-refractivity contribution < 1.29 is 28.7 Å². The summed E-state index contributed by atoms with van der Waals surface area (Å²) in [6.07, 6.45) is 1.53. The number of fused-ring (bicyclic) bond motifs is 1. The lowest BCUT2D eigenvalue weighted by Crippen LogP contribution is -2.61. The van der Waals surface area contributed by atoms with E-state index in [4.69, 9.17) is 9.47 Å². The summed E-state index contributed by atoms with van der Waals surface area (Å²) in [4.78, 5) is 55.3. The van der Waals surface area contributed by atoms with Crippen molar-refractivity contribution in [3.05, 3.63) is 64.7 Å². The fourth-order valence-corrected chi connectivity index (χ4v) is 5.47. The third kappa shape index (κ3) is 5.26. The normalized spacial score (nSPS) is 17.6. The summed E-state index contributed by atoms with van der Waals surface area (Å²) in [7, 11) is 1.31. The minimum absolute atomic E-state index is 0.0852. The van der Waals surface area contributed by atoms with E-state index in [1.807, 2.05) is 32.9 Å². The van der Waals surface area contributed by atoms with E-state index in [0.717, 1.165) is 36.5 Å². The molecule has 0 aromatic heterocycles. The van der Waals surface area contributed by atoms with Crippen molar-refractivity contribution in [2.45, 2.75) is 39.2 Å². The van der Waals surface area contributed by atoms with Crippen molar-refractivity contribution in [2.75, 3.05) is 44.7 Å². The Morgan fingerprint density at radius 3 is 2.17 bits per heavy atom. The van der Waals surface area contributed by atoms with Crippen LogP contribution in [0.3, 0.4) is 0 Å². The van der Waals surface area contributed by atoms with Crippen LogP contribution in [-0.4, -0.2) is 79.1 Å². The fraction of sp³-hybridized carbons (Fsp3) is 0.419. The van der Waals surface area contributed by atoms with E-state index < -0.39 is 11.6 Å². The maximum atomic E-state index is 12.7. The number of anilines is 1. The van der Waals surface area contributed by atoms with E-state index in [1.165, 1.54) is 7.11 Å². The van der Waals surface area contributed by atoms with Crippen LogP contribution in [0.5, 0.6) is 0 Å². The average Bonchev–Trinajstić information content (AvgIpc) is 3.15. The Labute approximate surface area is 234 Å². The highest BCUT2D eigenvalue weighted by Gasteiger charge is 2.46. The van der Waals surface area contributed by atoms with Gasteiger partial charge in [0.05, 0.1) is 30.3 Å². The number of rotatable bonds is 3. The first kappa shape index (κ1) is 27.3. The van der Waals surface area contributed by atoms with E-state index in [0.29, 0.717) is 35.3 Å². The molecule has 5 rings (SSSR count). The lowest BCUT2D eigenvalue weighted by Gasteiger charge is -2.55. The second-order valence-corrected chi connectivity index (χ2v) is 11.6. The van der Waals surface area contributed by atoms with Gasteiger partial charge in [0.1, 0.15) is 5.60 Å². The minimum atomic E-state index is -0.513. The van der Waals surface area contributed by atoms with Crippen LogP contribution in [-0.2, 0) is 9.47 Å². The van der Waals surface area contributed by atoms with Crippen LogP contribution in [0.2, 0.25) is 0 Å². The molecule has 2 aromatic rings. The third-order valence-corrected chi connectivity index (χ3v) is 7.64. The summed E-state index contributed by atoms with van der Waals surface area (Å²) in [6.45, 7) is 8.54. The zero-order valence-electron chi connectivity index (χ0n) is 23.3. The molecule has 0 aliphatic carbocycles. The van der Waals surface area contributed by atoms with Crippen molar-refractivity contribution in [3.8, 4) is 11.8 Å². The van der Waals surface area contributed by atoms with E-state index >= 15 is 0 Å². The molecule has 0 atom stereocenters. The van der Waals surface area contributed by atoms with Gasteiger partial charge in [0, 0.05) is 42.8 Å². The zero-order valence-corrected chi connectivity index (χ0v) is 23.3. The van der Waals surface area contributed by atoms with Gasteiger partial charge in [-0.2, -0.15) is 0 Å². The van der Waals surface area contributed by atoms with Crippen molar-refractivity contribution >= 4 is 29.6 Å². The largest absolute Gasteiger partial charge is 0.465 e. The van der Waals surface area contributed by atoms with Gasteiger partial charge >= 0.3 is 12.1 Å². The number of likely N-dealkylation sites (tertiary alicyclic amines) is 1. The maximum absolute atomic E-state index is 12.7. The Morgan fingerprint density at radius 1 is 0.975 bits per heavy atom. The highest BCUT2D eigenvalue weighted by atomic mass is 16.6. The van der Waals surface area contributed by atoms with Crippen LogP contribution in [0.25, 0.3) is 0 Å². The molecule has 3 heterocycles. The first-order valence-electron chi connectivity index (χ1n) is 13.4. The Hall–Kier alpha value is -4.32. The summed E-state index contributed by atoms with van der Waals surface area (Å²) < 4.78 is 10.5. The molecule has 0 unspecified atom stereocenters. The molecule has 0 saturated carbocycles. The number of piperidine rings is 1. The number of carbonyl (C=O) groups is 4. The predicted octanol–water partition coefficient (Wildman–Crippen LogP) is 3.96. The van der Waals surface area contributed by atoms with Crippen LogP contribution < -0.4 is 4.90 Å². The predicted molar refractivity (Wildman–Crippen MR) is 148 cm³/mol. The van der Waals surface area contributed by atoms with Gasteiger partial charge in [-0.05, 0) is 63.9 Å². The van der Waals surface area contributed by atoms with Crippen LogP contribution in [0.1, 0.15) is 70.3 Å². The summed E-state index contributed by atoms with van der Waals surface area (Å²) in [5, 5.41) is 0. The lowest BCUT2D eigenvalue weighted by molar-refractivity contribution is 0.00593. The van der Waals surface area contributed by atoms with Gasteiger partial charge in [-0.3, -0.25) is 14.5 Å². The fourth-order valence-electron chi connectivity index (χ4n) is 5.47. The zero-order chi connectivity index (χ0) is 28.7. The molecule has 3 aliphatic rings. The number of hydrogen-bond acceptors (Lipinski definition) is 7. The van der Waals surface area contributed by atoms with Gasteiger partial charge in [0.25, 0.3) is 11.8 Å². The molecule has 208 valence electrons. The van der Waals surface area contributed by atoms with Gasteiger partial charge in [0.2, 0.25) is 0 Å². The number of carbonyl (C=O) groups excluding carboxylic acids is 4. The molecule has 9 heteroatoms. The standard InChI is InChI=1S/C31H33N3O6/c1-30(2,3)40-29(38)32-16-13-31(14-17-32)19-33(20-31)22-11-12-23(28(37)39-4)21(18-22)8-7-15-34-26(35)24-9-5-6-10-25(24)27(34)36/h5-6,9-12,18H,13-17,19-20H2,1-4H3. The van der Waals surface area contributed by atoms with Crippen LogP contribution >= 0.6 is 0 Å². The van der Waals surface area contributed by atoms with Gasteiger partial charge in [-0.25, -0.2) is 9.59 Å². The van der Waals surface area contributed by atoms with Crippen LogP contribution in [0.4, 0.5) is 10.5 Å². The van der Waals surface area contributed by atoms with E-state index in [1.54, 1.807) is 35.2 Å². The van der Waals surface area contributed by atoms with Crippen molar-refractivity contribution in [1.29, 1.82) is 0 Å². The number of hydrogen-bond donors (Lipinski definition) is 0. The summed E-state index contributed by atoms with van der Waals surface area (Å²) in [5.74, 6) is 4.64. The van der Waals surface area contributed by atoms with Crippen molar-refractivity contribution in [1.82, 2.24) is 9.80 Å². The van der Waals surface area contributed by atoms with Gasteiger partial charge in [-0.15, -0.1) is 0 Å². The molecule has 3 amide bonds. The Balaban J connectivity index is 1.26. The lowest BCUT2D eigenvalue weighted by atomic mass is 9.72. The number of imide groups is 1. The topological polar surface area (TPSA) is 96.5 Å². The summed E-state index contributed by atoms with van der Waals surface area (Å²) in [5.41, 5.74) is 2.09. The highest BCUT2D eigenvalue weighted by molar-refractivity contribution is 6.21. The van der Waals surface area contributed by atoms with Crippen molar-refractivity contribution in [2.24, 2.45) is 5.41 Å². The van der Waals surface area contributed by atoms with Crippen LogP contribution in [0, 0.1) is 17.3 Å². The Kier molecular flexibility index (Phi) is 7.05. The summed E-state index contributed by atoms with van der Waals surface area (Å²) in [6, 6.07) is 12.1. The van der Waals surface area contributed by atoms with Crippen molar-refractivity contribution in [3.63, 3.8) is 0 Å². The molecule has 9 nitrogen and oxygen atoms in total. The molecule has 0 N–H and O–H groups in total. The monoisotopic (exact) mass is 543 g/mol. The molecular weight excluding hydrogens is 510 g/mol. The minimum Gasteiger partial charge on any atom is -0.465 e.